The lowest BCUT2D eigenvalue weighted by Crippen LogP contribution is -2.14. The zero-order valence-corrected chi connectivity index (χ0v) is 12.1. The Hall–Kier alpha value is -2.55. The van der Waals surface area contributed by atoms with Gasteiger partial charge < -0.3 is 9.97 Å². The lowest BCUT2D eigenvalue weighted by atomic mass is 10.3. The first-order valence-corrected chi connectivity index (χ1v) is 7.61. The SMILES string of the molecule is Cc1n[nH]c(C)c1S(=O)(=O)Nc1ccc2[nH]c(=O)[nH]c2c1. The van der Waals surface area contributed by atoms with Gasteiger partial charge in [-0.2, -0.15) is 5.10 Å². The number of imidazole rings is 1. The number of H-pyrrole nitrogens is 3. The molecule has 0 bridgehead atoms. The number of aromatic nitrogens is 4. The van der Waals surface area contributed by atoms with Crippen molar-refractivity contribution < 1.29 is 8.42 Å². The fourth-order valence-corrected chi connectivity index (χ4v) is 3.66. The first kappa shape index (κ1) is 13.4. The van der Waals surface area contributed by atoms with Crippen LogP contribution >= 0.6 is 0 Å². The second kappa shape index (κ2) is 4.48. The van der Waals surface area contributed by atoms with Crippen molar-refractivity contribution in [3.8, 4) is 0 Å². The van der Waals surface area contributed by atoms with E-state index in [2.05, 4.69) is 24.9 Å². The van der Waals surface area contributed by atoms with Crippen molar-refractivity contribution in [2.24, 2.45) is 0 Å². The van der Waals surface area contributed by atoms with Crippen molar-refractivity contribution in [3.63, 3.8) is 0 Å². The number of aromatic amines is 3. The zero-order valence-electron chi connectivity index (χ0n) is 11.3. The summed E-state index contributed by atoms with van der Waals surface area (Å²) in [4.78, 5) is 16.5. The maximum absolute atomic E-state index is 12.4. The first-order chi connectivity index (χ1) is 9.87. The minimum atomic E-state index is -3.74. The van der Waals surface area contributed by atoms with Gasteiger partial charge in [0.1, 0.15) is 4.90 Å². The number of benzene rings is 1. The highest BCUT2D eigenvalue weighted by Gasteiger charge is 2.22. The molecule has 2 heterocycles. The number of hydrogen-bond donors (Lipinski definition) is 4. The standard InChI is InChI=1S/C12H13N5O3S/c1-6-11(7(2)16-15-6)21(19,20)17-8-3-4-9-10(5-8)14-12(18)13-9/h3-5,17H,1-2H3,(H,15,16)(H2,13,14,18). The van der Waals surface area contributed by atoms with Gasteiger partial charge >= 0.3 is 5.69 Å². The van der Waals surface area contributed by atoms with Gasteiger partial charge in [0, 0.05) is 0 Å². The average Bonchev–Trinajstić information content (AvgIpc) is 2.90. The van der Waals surface area contributed by atoms with E-state index in [1.807, 2.05) is 0 Å². The van der Waals surface area contributed by atoms with Crippen LogP contribution in [0.15, 0.2) is 27.9 Å². The van der Waals surface area contributed by atoms with Crippen molar-refractivity contribution in [2.75, 3.05) is 4.72 Å². The van der Waals surface area contributed by atoms with Gasteiger partial charge in [-0.3, -0.25) is 9.82 Å². The Kier molecular flexibility index (Phi) is 2.87. The summed E-state index contributed by atoms with van der Waals surface area (Å²) in [5.74, 6) is 0. The van der Waals surface area contributed by atoms with Crippen LogP contribution in [0.2, 0.25) is 0 Å². The molecule has 0 fully saturated rings. The van der Waals surface area contributed by atoms with E-state index in [0.717, 1.165) is 0 Å². The molecule has 0 saturated carbocycles. The van der Waals surface area contributed by atoms with Gasteiger partial charge in [0.15, 0.2) is 0 Å². The summed E-state index contributed by atoms with van der Waals surface area (Å²) in [5, 5.41) is 6.52. The highest BCUT2D eigenvalue weighted by molar-refractivity contribution is 7.92. The molecule has 0 aliphatic rings. The Labute approximate surface area is 119 Å². The van der Waals surface area contributed by atoms with E-state index in [1.54, 1.807) is 32.0 Å². The third kappa shape index (κ3) is 2.31. The predicted octanol–water partition coefficient (Wildman–Crippen LogP) is 0.997. The van der Waals surface area contributed by atoms with Gasteiger partial charge in [0.2, 0.25) is 0 Å². The van der Waals surface area contributed by atoms with Crippen molar-refractivity contribution >= 4 is 26.7 Å². The normalized spacial score (nSPS) is 11.9. The Morgan fingerprint density at radius 1 is 1.14 bits per heavy atom. The van der Waals surface area contributed by atoms with Crippen LogP contribution in [0.25, 0.3) is 11.0 Å². The van der Waals surface area contributed by atoms with E-state index in [0.29, 0.717) is 28.1 Å². The van der Waals surface area contributed by atoms with Gasteiger partial charge in [0.05, 0.1) is 28.1 Å². The smallest absolute Gasteiger partial charge is 0.306 e. The molecule has 3 aromatic rings. The Balaban J connectivity index is 2.03. The van der Waals surface area contributed by atoms with E-state index >= 15 is 0 Å². The quantitative estimate of drug-likeness (QED) is 0.576. The van der Waals surface area contributed by atoms with E-state index < -0.39 is 10.0 Å². The first-order valence-electron chi connectivity index (χ1n) is 6.13. The number of rotatable bonds is 3. The molecule has 0 amide bonds. The Bertz CT molecular complexity index is 960. The third-order valence-corrected chi connectivity index (χ3v) is 4.74. The van der Waals surface area contributed by atoms with Crippen molar-refractivity contribution in [2.45, 2.75) is 18.7 Å². The van der Waals surface area contributed by atoms with Crippen LogP contribution in [0.5, 0.6) is 0 Å². The van der Waals surface area contributed by atoms with Gasteiger partial charge in [-0.05, 0) is 32.0 Å². The third-order valence-electron chi connectivity index (χ3n) is 3.10. The van der Waals surface area contributed by atoms with Crippen LogP contribution in [0, 0.1) is 13.8 Å². The van der Waals surface area contributed by atoms with E-state index in [1.165, 1.54) is 0 Å². The molecule has 0 aliphatic heterocycles. The van der Waals surface area contributed by atoms with Gasteiger partial charge in [-0.15, -0.1) is 0 Å². The highest BCUT2D eigenvalue weighted by atomic mass is 32.2. The number of anilines is 1. The van der Waals surface area contributed by atoms with Crippen LogP contribution in [-0.4, -0.2) is 28.6 Å². The highest BCUT2D eigenvalue weighted by Crippen LogP contribution is 2.22. The molecule has 21 heavy (non-hydrogen) atoms. The molecule has 0 aliphatic carbocycles. The average molecular weight is 307 g/mol. The zero-order chi connectivity index (χ0) is 15.2. The second-order valence-electron chi connectivity index (χ2n) is 4.71. The Morgan fingerprint density at radius 3 is 2.52 bits per heavy atom. The molecular weight excluding hydrogens is 294 g/mol. The van der Waals surface area contributed by atoms with E-state index in [4.69, 9.17) is 0 Å². The largest absolute Gasteiger partial charge is 0.323 e. The molecule has 0 atom stereocenters. The summed E-state index contributed by atoms with van der Waals surface area (Å²) in [6, 6.07) is 4.75. The fourth-order valence-electron chi connectivity index (χ4n) is 2.24. The lowest BCUT2D eigenvalue weighted by Gasteiger charge is -2.08. The summed E-state index contributed by atoms with van der Waals surface area (Å²) in [6.45, 7) is 3.26. The molecule has 1 aromatic carbocycles. The predicted molar refractivity (Wildman–Crippen MR) is 77.8 cm³/mol. The van der Waals surface area contributed by atoms with Crippen molar-refractivity contribution in [3.05, 3.63) is 40.1 Å². The summed E-state index contributed by atoms with van der Waals surface area (Å²) >= 11 is 0. The molecule has 8 nitrogen and oxygen atoms in total. The van der Waals surface area contributed by atoms with Gasteiger partial charge in [-0.1, -0.05) is 0 Å². The number of sulfonamides is 1. The van der Waals surface area contributed by atoms with Crippen LogP contribution in [0.1, 0.15) is 11.4 Å². The molecule has 0 radical (unpaired) electrons. The fraction of sp³-hybridized carbons (Fsp3) is 0.167. The summed E-state index contributed by atoms with van der Waals surface area (Å²) < 4.78 is 27.3. The summed E-state index contributed by atoms with van der Waals surface area (Å²) in [7, 11) is -3.74. The number of nitrogens with one attached hydrogen (secondary N) is 4. The molecular formula is C12H13N5O3S. The van der Waals surface area contributed by atoms with E-state index in [-0.39, 0.29) is 10.6 Å². The molecule has 0 spiro atoms. The number of aryl methyl sites for hydroxylation is 2. The number of nitrogens with zero attached hydrogens (tertiary/aromatic N) is 1. The van der Waals surface area contributed by atoms with Gasteiger partial charge in [-0.25, -0.2) is 13.2 Å². The van der Waals surface area contributed by atoms with Crippen molar-refractivity contribution in [1.82, 2.24) is 20.2 Å². The van der Waals surface area contributed by atoms with Crippen LogP contribution in [0.3, 0.4) is 0 Å². The molecule has 2 aromatic heterocycles. The van der Waals surface area contributed by atoms with Crippen LogP contribution in [-0.2, 0) is 10.0 Å². The summed E-state index contributed by atoms with van der Waals surface area (Å²) in [5.41, 5.74) is 2.02. The second-order valence-corrected chi connectivity index (χ2v) is 6.33. The Morgan fingerprint density at radius 2 is 1.86 bits per heavy atom. The lowest BCUT2D eigenvalue weighted by molar-refractivity contribution is 0.600. The van der Waals surface area contributed by atoms with Crippen LogP contribution < -0.4 is 10.4 Å². The topological polar surface area (TPSA) is 123 Å². The number of hydrogen-bond acceptors (Lipinski definition) is 4. The summed E-state index contributed by atoms with van der Waals surface area (Å²) in [6.07, 6.45) is 0. The number of fused-ring (bicyclic) bond motifs is 1. The molecule has 110 valence electrons. The molecule has 4 N–H and O–H groups in total. The molecule has 9 heteroatoms. The molecule has 0 unspecified atom stereocenters. The molecule has 3 rings (SSSR count). The van der Waals surface area contributed by atoms with Crippen molar-refractivity contribution in [1.29, 1.82) is 0 Å². The van der Waals surface area contributed by atoms with Gasteiger partial charge in [0.25, 0.3) is 10.0 Å². The maximum Gasteiger partial charge on any atom is 0.323 e. The maximum atomic E-state index is 12.4. The minimum Gasteiger partial charge on any atom is -0.306 e. The minimum absolute atomic E-state index is 0.130. The van der Waals surface area contributed by atoms with E-state index in [9.17, 15) is 13.2 Å². The molecule has 0 saturated heterocycles. The monoisotopic (exact) mass is 307 g/mol. The van der Waals surface area contributed by atoms with Crippen LogP contribution in [0.4, 0.5) is 5.69 Å².